The summed E-state index contributed by atoms with van der Waals surface area (Å²) in [4.78, 5) is 15.4. The van der Waals surface area contributed by atoms with Crippen LogP contribution in [-0.2, 0) is 0 Å². The van der Waals surface area contributed by atoms with Gasteiger partial charge in [-0.1, -0.05) is 17.7 Å². The number of benzene rings is 1. The van der Waals surface area contributed by atoms with Gasteiger partial charge >= 0.3 is 0 Å². The quantitative estimate of drug-likeness (QED) is 0.566. The number of nitrogens with one attached hydrogen (secondary N) is 2. The van der Waals surface area contributed by atoms with Gasteiger partial charge in [0.2, 0.25) is 0 Å². The van der Waals surface area contributed by atoms with Crippen LogP contribution < -0.4 is 10.6 Å². The minimum absolute atomic E-state index is 0.652. The molecular formula is C20H23ClN6. The van der Waals surface area contributed by atoms with E-state index in [1.165, 1.54) is 0 Å². The number of anilines is 3. The summed E-state index contributed by atoms with van der Waals surface area (Å²) in [5.74, 6) is 0.652. The lowest BCUT2D eigenvalue weighted by atomic mass is 10.2. The van der Waals surface area contributed by atoms with Crippen LogP contribution in [0.5, 0.6) is 0 Å². The lowest BCUT2D eigenvalue weighted by molar-refractivity contribution is 0.405. The number of rotatable bonds is 8. The van der Waals surface area contributed by atoms with E-state index in [9.17, 15) is 0 Å². The van der Waals surface area contributed by atoms with Gasteiger partial charge in [0.15, 0.2) is 0 Å². The molecule has 7 heteroatoms. The Balaban J connectivity index is 1.70. The molecule has 27 heavy (non-hydrogen) atoms. The molecule has 140 valence electrons. The zero-order valence-corrected chi connectivity index (χ0v) is 16.2. The summed E-state index contributed by atoms with van der Waals surface area (Å²) >= 11 is 6.03. The van der Waals surface area contributed by atoms with E-state index >= 15 is 0 Å². The number of hydrogen-bond acceptors (Lipinski definition) is 6. The predicted molar refractivity (Wildman–Crippen MR) is 112 cm³/mol. The number of pyridine rings is 1. The largest absolute Gasteiger partial charge is 0.384 e. The molecule has 0 atom stereocenters. The van der Waals surface area contributed by atoms with Gasteiger partial charge < -0.3 is 15.5 Å². The second-order valence-electron chi connectivity index (χ2n) is 6.47. The Kier molecular flexibility index (Phi) is 6.57. The Bertz CT molecular complexity index is 884. The molecule has 2 heterocycles. The Morgan fingerprint density at radius 2 is 1.85 bits per heavy atom. The van der Waals surface area contributed by atoms with Crippen molar-refractivity contribution < 1.29 is 0 Å². The first-order valence-corrected chi connectivity index (χ1v) is 9.16. The second-order valence-corrected chi connectivity index (χ2v) is 6.91. The number of nitrogens with zero attached hydrogens (tertiary/aromatic N) is 4. The molecule has 0 radical (unpaired) electrons. The topological polar surface area (TPSA) is 66.0 Å². The van der Waals surface area contributed by atoms with Crippen LogP contribution >= 0.6 is 11.6 Å². The van der Waals surface area contributed by atoms with Gasteiger partial charge in [-0.05, 0) is 51.3 Å². The third kappa shape index (κ3) is 5.91. The standard InChI is InChI=1S/C20H23ClN6/c1-27(2)8-4-7-24-18-9-15(11-22-12-18)19-13-23-14-20(26-19)25-17-6-3-5-16(21)10-17/h3,5-6,9-14,24H,4,7-8H2,1-2H3,(H,25,26). The first-order valence-electron chi connectivity index (χ1n) is 8.79. The van der Waals surface area contributed by atoms with Gasteiger partial charge in [-0.3, -0.25) is 9.97 Å². The summed E-state index contributed by atoms with van der Waals surface area (Å²) < 4.78 is 0. The van der Waals surface area contributed by atoms with Crippen LogP contribution in [-0.4, -0.2) is 47.0 Å². The van der Waals surface area contributed by atoms with Crippen molar-refractivity contribution in [2.45, 2.75) is 6.42 Å². The van der Waals surface area contributed by atoms with Crippen LogP contribution in [0.3, 0.4) is 0 Å². The molecule has 0 aliphatic heterocycles. The fourth-order valence-corrected chi connectivity index (χ4v) is 2.77. The highest BCUT2D eigenvalue weighted by Gasteiger charge is 2.05. The van der Waals surface area contributed by atoms with Gasteiger partial charge in [0.1, 0.15) is 5.82 Å². The second kappa shape index (κ2) is 9.30. The minimum Gasteiger partial charge on any atom is -0.384 e. The molecule has 0 saturated heterocycles. The molecule has 2 aromatic heterocycles. The number of hydrogen-bond donors (Lipinski definition) is 2. The lowest BCUT2D eigenvalue weighted by Gasteiger charge is -2.11. The van der Waals surface area contributed by atoms with E-state index in [0.717, 1.165) is 42.1 Å². The Labute approximate surface area is 164 Å². The first kappa shape index (κ1) is 19.1. The van der Waals surface area contributed by atoms with Crippen LogP contribution in [0.1, 0.15) is 6.42 Å². The molecule has 0 unspecified atom stereocenters. The van der Waals surface area contributed by atoms with Crippen molar-refractivity contribution >= 4 is 28.8 Å². The van der Waals surface area contributed by atoms with Crippen LogP contribution in [0.4, 0.5) is 17.2 Å². The van der Waals surface area contributed by atoms with Crippen molar-refractivity contribution in [2.24, 2.45) is 0 Å². The summed E-state index contributed by atoms with van der Waals surface area (Å²) in [6, 6.07) is 9.53. The van der Waals surface area contributed by atoms with Crippen molar-refractivity contribution in [1.82, 2.24) is 19.9 Å². The first-order chi connectivity index (χ1) is 13.1. The fraction of sp³-hybridized carbons (Fsp3) is 0.250. The number of aromatic nitrogens is 3. The lowest BCUT2D eigenvalue weighted by Crippen LogP contribution is -2.16. The highest BCUT2D eigenvalue weighted by atomic mass is 35.5. The summed E-state index contributed by atoms with van der Waals surface area (Å²) in [6.45, 7) is 1.94. The third-order valence-electron chi connectivity index (χ3n) is 3.88. The smallest absolute Gasteiger partial charge is 0.149 e. The van der Waals surface area contributed by atoms with Crippen LogP contribution in [0.2, 0.25) is 5.02 Å². The van der Waals surface area contributed by atoms with Crippen molar-refractivity contribution in [1.29, 1.82) is 0 Å². The van der Waals surface area contributed by atoms with Crippen LogP contribution in [0.25, 0.3) is 11.3 Å². The average Bonchev–Trinajstić information content (AvgIpc) is 2.66. The maximum absolute atomic E-state index is 6.03. The molecule has 6 nitrogen and oxygen atoms in total. The SMILES string of the molecule is CN(C)CCCNc1cncc(-c2cncc(Nc3cccc(Cl)c3)n2)c1. The summed E-state index contributed by atoms with van der Waals surface area (Å²) in [5.41, 5.74) is 3.51. The minimum atomic E-state index is 0.652. The van der Waals surface area contributed by atoms with Gasteiger partial charge in [-0.25, -0.2) is 4.98 Å². The normalized spacial score (nSPS) is 10.8. The van der Waals surface area contributed by atoms with E-state index in [0.29, 0.717) is 10.8 Å². The van der Waals surface area contributed by atoms with Crippen LogP contribution in [0, 0.1) is 0 Å². The molecule has 1 aromatic carbocycles. The maximum Gasteiger partial charge on any atom is 0.149 e. The van der Waals surface area contributed by atoms with E-state index in [2.05, 4.69) is 44.6 Å². The Hall–Kier alpha value is -2.70. The van der Waals surface area contributed by atoms with E-state index in [-0.39, 0.29) is 0 Å². The van der Waals surface area contributed by atoms with Crippen molar-refractivity contribution in [3.8, 4) is 11.3 Å². The predicted octanol–water partition coefficient (Wildman–Crippen LogP) is 4.30. The summed E-state index contributed by atoms with van der Waals surface area (Å²) in [7, 11) is 4.15. The molecular weight excluding hydrogens is 360 g/mol. The van der Waals surface area contributed by atoms with Gasteiger partial charge in [-0.15, -0.1) is 0 Å². The molecule has 0 amide bonds. The number of halogens is 1. The molecule has 0 fully saturated rings. The third-order valence-corrected chi connectivity index (χ3v) is 4.11. The highest BCUT2D eigenvalue weighted by molar-refractivity contribution is 6.30. The molecule has 2 N–H and O–H groups in total. The molecule has 0 aliphatic rings. The summed E-state index contributed by atoms with van der Waals surface area (Å²) in [6.07, 6.45) is 8.09. The van der Waals surface area contributed by atoms with Crippen molar-refractivity contribution in [3.05, 3.63) is 60.1 Å². The molecule has 3 rings (SSSR count). The van der Waals surface area contributed by atoms with E-state index in [1.54, 1.807) is 18.6 Å². The Morgan fingerprint density at radius 1 is 1.00 bits per heavy atom. The van der Waals surface area contributed by atoms with Gasteiger partial charge in [0, 0.05) is 35.2 Å². The van der Waals surface area contributed by atoms with Crippen molar-refractivity contribution in [3.63, 3.8) is 0 Å². The fourth-order valence-electron chi connectivity index (χ4n) is 2.58. The van der Waals surface area contributed by atoms with E-state index < -0.39 is 0 Å². The Morgan fingerprint density at radius 3 is 2.67 bits per heavy atom. The molecule has 0 saturated carbocycles. The van der Waals surface area contributed by atoms with Crippen molar-refractivity contribution in [2.75, 3.05) is 37.8 Å². The highest BCUT2D eigenvalue weighted by Crippen LogP contribution is 2.22. The van der Waals surface area contributed by atoms with Crippen LogP contribution in [0.15, 0.2) is 55.1 Å². The zero-order valence-electron chi connectivity index (χ0n) is 15.5. The van der Waals surface area contributed by atoms with Gasteiger partial charge in [0.05, 0.1) is 23.8 Å². The monoisotopic (exact) mass is 382 g/mol. The average molecular weight is 383 g/mol. The summed E-state index contributed by atoms with van der Waals surface area (Å²) in [5, 5.41) is 7.29. The molecule has 0 bridgehead atoms. The molecule has 0 aliphatic carbocycles. The van der Waals surface area contributed by atoms with E-state index in [1.807, 2.05) is 36.5 Å². The maximum atomic E-state index is 6.03. The van der Waals surface area contributed by atoms with Gasteiger partial charge in [0.25, 0.3) is 0 Å². The molecule has 0 spiro atoms. The zero-order chi connectivity index (χ0) is 19.1. The van der Waals surface area contributed by atoms with E-state index in [4.69, 9.17) is 11.6 Å². The van der Waals surface area contributed by atoms with Gasteiger partial charge in [-0.2, -0.15) is 0 Å². The molecule has 3 aromatic rings.